The maximum absolute atomic E-state index is 10.6. The van der Waals surface area contributed by atoms with Crippen molar-refractivity contribution in [1.29, 1.82) is 0 Å². The van der Waals surface area contributed by atoms with Crippen LogP contribution in [0.15, 0.2) is 25.3 Å². The molecule has 2 N–H and O–H groups in total. The zero-order chi connectivity index (χ0) is 13.7. The van der Waals surface area contributed by atoms with Gasteiger partial charge in [0.2, 0.25) is 5.91 Å². The average molecular weight is 279 g/mol. The fraction of sp³-hybridized carbons (Fsp3) is 0.500. The van der Waals surface area contributed by atoms with E-state index >= 15 is 0 Å². The summed E-state index contributed by atoms with van der Waals surface area (Å²) in [7, 11) is 0. The fourth-order valence-electron chi connectivity index (χ4n) is 0.874. The summed E-state index contributed by atoms with van der Waals surface area (Å²) in [6.45, 7) is 13.8. The number of rotatable bonds is 7. The van der Waals surface area contributed by atoms with Crippen LogP contribution >= 0.6 is 12.4 Å². The minimum Gasteiger partial charge on any atom is -0.461 e. The molecule has 0 radical (unpaired) electrons. The van der Waals surface area contributed by atoms with Gasteiger partial charge >= 0.3 is 5.97 Å². The molecule has 0 rings (SSSR count). The molecule has 0 atom stereocenters. The van der Waals surface area contributed by atoms with Gasteiger partial charge in [-0.2, -0.15) is 0 Å². The molecule has 0 bridgehead atoms. The Morgan fingerprint density at radius 2 is 1.67 bits per heavy atom. The maximum Gasteiger partial charge on any atom is 0.330 e. The van der Waals surface area contributed by atoms with Gasteiger partial charge in [-0.15, -0.1) is 12.4 Å². The Hall–Kier alpha value is -1.33. The molecule has 1 amide bonds. The lowest BCUT2D eigenvalue weighted by Crippen LogP contribution is -2.27. The molecule has 0 saturated heterocycles. The van der Waals surface area contributed by atoms with Crippen molar-refractivity contribution in [1.82, 2.24) is 4.90 Å². The van der Waals surface area contributed by atoms with Crippen molar-refractivity contribution in [2.75, 3.05) is 26.2 Å². The largest absolute Gasteiger partial charge is 0.461 e. The van der Waals surface area contributed by atoms with Crippen molar-refractivity contribution in [2.24, 2.45) is 5.73 Å². The first-order valence-electron chi connectivity index (χ1n) is 5.45. The van der Waals surface area contributed by atoms with Crippen molar-refractivity contribution in [3.05, 3.63) is 25.3 Å². The summed E-state index contributed by atoms with van der Waals surface area (Å²) in [5, 5.41) is 0. The number of carbonyl (C=O) groups is 2. The number of nitrogens with two attached hydrogens (primary N) is 1. The van der Waals surface area contributed by atoms with Crippen molar-refractivity contribution in [2.45, 2.75) is 13.8 Å². The van der Waals surface area contributed by atoms with Crippen LogP contribution < -0.4 is 5.73 Å². The third-order valence-electron chi connectivity index (χ3n) is 1.91. The molecule has 5 nitrogen and oxygen atoms in total. The molecular weight excluding hydrogens is 256 g/mol. The van der Waals surface area contributed by atoms with E-state index in [0.717, 1.165) is 25.7 Å². The molecule has 0 aliphatic heterocycles. The number of likely N-dealkylation sites (N-methyl/N-ethyl adjacent to an activating group) is 1. The lowest BCUT2D eigenvalue weighted by atomic mass is 10.5. The lowest BCUT2D eigenvalue weighted by Gasteiger charge is -2.16. The van der Waals surface area contributed by atoms with Crippen molar-refractivity contribution in [3.63, 3.8) is 0 Å². The third-order valence-corrected chi connectivity index (χ3v) is 1.91. The number of hydrogen-bond donors (Lipinski definition) is 1. The normalized spacial score (nSPS) is 8.39. The fourth-order valence-corrected chi connectivity index (χ4v) is 0.874. The summed E-state index contributed by atoms with van der Waals surface area (Å²) < 4.78 is 4.83. The molecule has 0 aliphatic rings. The van der Waals surface area contributed by atoms with Crippen LogP contribution in [-0.4, -0.2) is 43.0 Å². The molecule has 6 heteroatoms. The molecule has 18 heavy (non-hydrogen) atoms. The van der Waals surface area contributed by atoms with Gasteiger partial charge in [-0.25, -0.2) is 4.79 Å². The topological polar surface area (TPSA) is 72.6 Å². The van der Waals surface area contributed by atoms with Crippen LogP contribution in [-0.2, 0) is 14.3 Å². The van der Waals surface area contributed by atoms with E-state index in [1.807, 2.05) is 0 Å². The monoisotopic (exact) mass is 278 g/mol. The highest BCUT2D eigenvalue weighted by atomic mass is 35.5. The SMILES string of the molecule is C=CC(=O)OCCN(CC)CC.C=CC(N)=O.Cl. The van der Waals surface area contributed by atoms with E-state index in [1.54, 1.807) is 0 Å². The Morgan fingerprint density at radius 1 is 1.22 bits per heavy atom. The number of hydrogen-bond acceptors (Lipinski definition) is 4. The van der Waals surface area contributed by atoms with Gasteiger partial charge in [0.05, 0.1) is 0 Å². The van der Waals surface area contributed by atoms with E-state index in [4.69, 9.17) is 4.74 Å². The summed E-state index contributed by atoms with van der Waals surface area (Å²) in [4.78, 5) is 22.3. The molecule has 0 aromatic heterocycles. The molecule has 106 valence electrons. The number of esters is 1. The van der Waals surface area contributed by atoms with Crippen molar-refractivity contribution < 1.29 is 14.3 Å². The number of nitrogens with zero attached hydrogens (tertiary/aromatic N) is 1. The van der Waals surface area contributed by atoms with Crippen molar-refractivity contribution >= 4 is 24.3 Å². The van der Waals surface area contributed by atoms with Gasteiger partial charge in [-0.05, 0) is 19.2 Å². The summed E-state index contributed by atoms with van der Waals surface area (Å²) in [6.07, 6.45) is 2.24. The first-order chi connectivity index (χ1) is 8.01. The predicted molar refractivity (Wildman–Crippen MR) is 75.6 cm³/mol. The number of carbonyl (C=O) groups excluding carboxylic acids is 2. The van der Waals surface area contributed by atoms with E-state index in [2.05, 4.69) is 37.6 Å². The Kier molecular flexibility index (Phi) is 19.1. The molecule has 0 aliphatic carbocycles. The van der Waals surface area contributed by atoms with E-state index in [-0.39, 0.29) is 18.4 Å². The number of ether oxygens (including phenoxy) is 1. The van der Waals surface area contributed by atoms with E-state index < -0.39 is 5.91 Å². The van der Waals surface area contributed by atoms with Crippen LogP contribution in [0.25, 0.3) is 0 Å². The zero-order valence-corrected chi connectivity index (χ0v) is 11.9. The number of halogens is 1. The second kappa shape index (κ2) is 15.7. The summed E-state index contributed by atoms with van der Waals surface area (Å²) in [5.74, 6) is -0.827. The first-order valence-corrected chi connectivity index (χ1v) is 5.45. The van der Waals surface area contributed by atoms with Gasteiger partial charge in [-0.1, -0.05) is 27.0 Å². The second-order valence-corrected chi connectivity index (χ2v) is 3.00. The number of amides is 1. The van der Waals surface area contributed by atoms with Crippen LogP contribution in [0.2, 0.25) is 0 Å². The maximum atomic E-state index is 10.6. The quantitative estimate of drug-likeness (QED) is 0.560. The standard InChI is InChI=1S/C9H17NO2.C3H5NO.ClH/c1-4-9(11)12-8-7-10(5-2)6-3;1-2-3(4)5;/h4H,1,5-8H2,2-3H3;2H,1H2,(H2,4,5);1H. The predicted octanol–water partition coefficient (Wildman–Crippen LogP) is 1.14. The van der Waals surface area contributed by atoms with E-state index in [0.29, 0.717) is 6.61 Å². The van der Waals surface area contributed by atoms with Gasteiger partial charge in [0.25, 0.3) is 0 Å². The van der Waals surface area contributed by atoms with E-state index in [9.17, 15) is 9.59 Å². The summed E-state index contributed by atoms with van der Waals surface area (Å²) in [5.41, 5.74) is 4.53. The average Bonchev–Trinajstić information content (AvgIpc) is 2.35. The highest BCUT2D eigenvalue weighted by molar-refractivity contribution is 5.85. The second-order valence-electron chi connectivity index (χ2n) is 3.00. The van der Waals surface area contributed by atoms with Gasteiger partial charge in [-0.3, -0.25) is 4.79 Å². The van der Waals surface area contributed by atoms with Crippen LogP contribution in [0.3, 0.4) is 0 Å². The van der Waals surface area contributed by atoms with Gasteiger partial charge in [0.15, 0.2) is 0 Å². The third kappa shape index (κ3) is 17.1. The van der Waals surface area contributed by atoms with Crippen LogP contribution in [0.5, 0.6) is 0 Å². The molecular formula is C12H23ClN2O3. The lowest BCUT2D eigenvalue weighted by molar-refractivity contribution is -0.138. The Labute approximate surface area is 115 Å². The smallest absolute Gasteiger partial charge is 0.330 e. The Morgan fingerprint density at radius 3 is 1.94 bits per heavy atom. The van der Waals surface area contributed by atoms with Gasteiger partial charge in [0.1, 0.15) is 6.61 Å². The number of primary amides is 1. The Balaban J connectivity index is -0.000000321. The molecule has 0 spiro atoms. The van der Waals surface area contributed by atoms with E-state index in [1.165, 1.54) is 6.08 Å². The highest BCUT2D eigenvalue weighted by Gasteiger charge is 1.99. The van der Waals surface area contributed by atoms with Crippen molar-refractivity contribution in [3.8, 4) is 0 Å². The molecule has 0 saturated carbocycles. The molecule has 0 heterocycles. The molecule has 0 unspecified atom stereocenters. The molecule has 0 aromatic rings. The minimum absolute atomic E-state index is 0. The zero-order valence-electron chi connectivity index (χ0n) is 11.1. The van der Waals surface area contributed by atoms with Gasteiger partial charge in [0, 0.05) is 12.6 Å². The van der Waals surface area contributed by atoms with Crippen LogP contribution in [0.4, 0.5) is 0 Å². The Bertz CT molecular complexity index is 254. The first kappa shape index (κ1) is 21.9. The molecule has 0 fully saturated rings. The van der Waals surface area contributed by atoms with Gasteiger partial charge < -0.3 is 15.4 Å². The van der Waals surface area contributed by atoms with Crippen LogP contribution in [0.1, 0.15) is 13.8 Å². The minimum atomic E-state index is -0.481. The summed E-state index contributed by atoms with van der Waals surface area (Å²) in [6, 6.07) is 0. The summed E-state index contributed by atoms with van der Waals surface area (Å²) >= 11 is 0. The van der Waals surface area contributed by atoms with Crippen LogP contribution in [0, 0.1) is 0 Å². The highest BCUT2D eigenvalue weighted by Crippen LogP contribution is 1.87. The molecule has 0 aromatic carbocycles.